The van der Waals surface area contributed by atoms with Gasteiger partial charge in [-0.25, -0.2) is 19.3 Å². The Morgan fingerprint density at radius 3 is 2.32 bits per heavy atom. The highest BCUT2D eigenvalue weighted by Crippen LogP contribution is 2.44. The molecule has 0 spiro atoms. The van der Waals surface area contributed by atoms with Crippen LogP contribution in [0.4, 0.5) is 15.8 Å². The number of phenols is 1. The number of pyridine rings is 2. The van der Waals surface area contributed by atoms with E-state index in [-0.39, 0.29) is 76.6 Å². The maximum atomic E-state index is 15.3. The molecule has 6 rings (SSSR count). The van der Waals surface area contributed by atoms with Gasteiger partial charge in [-0.05, 0) is 43.0 Å². The number of likely N-dealkylation sites (N-methyl/N-ethyl adjacent to an activating group) is 1. The fourth-order valence-corrected chi connectivity index (χ4v) is 6.79. The predicted molar refractivity (Wildman–Crippen MR) is 179 cm³/mol. The second-order valence-electron chi connectivity index (χ2n) is 12.5. The number of carbonyl (C=O) groups excluding carboxylic acids is 2. The molecule has 0 unspecified atom stereocenters. The molecule has 1 aromatic carbocycles. The third-order valence-electron chi connectivity index (χ3n) is 8.75. The van der Waals surface area contributed by atoms with Crippen LogP contribution < -0.4 is 15.4 Å². The van der Waals surface area contributed by atoms with Crippen LogP contribution in [0.3, 0.4) is 0 Å². The summed E-state index contributed by atoms with van der Waals surface area (Å²) in [6, 6.07) is 4.68. The van der Waals surface area contributed by atoms with Crippen molar-refractivity contribution in [3.05, 3.63) is 75.3 Å². The van der Waals surface area contributed by atoms with Crippen LogP contribution in [0.25, 0.3) is 28.0 Å². The maximum Gasteiger partial charge on any atom is 0.283 e. The number of aromatic hydroxyl groups is 1. The summed E-state index contributed by atoms with van der Waals surface area (Å²) in [4.78, 5) is 60.5. The molecule has 1 saturated heterocycles. The second-order valence-corrected chi connectivity index (χ2v) is 12.9. The quantitative estimate of drug-likeness (QED) is 0.294. The van der Waals surface area contributed by atoms with E-state index in [1.165, 1.54) is 40.8 Å². The van der Waals surface area contributed by atoms with Crippen LogP contribution in [0, 0.1) is 12.7 Å². The van der Waals surface area contributed by atoms with Gasteiger partial charge in [0, 0.05) is 25.5 Å². The van der Waals surface area contributed by atoms with Crippen molar-refractivity contribution in [1.82, 2.24) is 24.4 Å². The molecular weight excluding hydrogens is 625 g/mol. The van der Waals surface area contributed by atoms with Crippen molar-refractivity contribution >= 4 is 45.8 Å². The van der Waals surface area contributed by atoms with Crippen molar-refractivity contribution in [2.75, 3.05) is 36.5 Å². The highest BCUT2D eigenvalue weighted by Gasteiger charge is 2.44. The van der Waals surface area contributed by atoms with Crippen LogP contribution in [0.15, 0.2) is 41.7 Å². The fourth-order valence-electron chi connectivity index (χ4n) is 6.55. The molecule has 1 atom stereocenters. The zero-order valence-corrected chi connectivity index (χ0v) is 27.8. The van der Waals surface area contributed by atoms with E-state index in [0.29, 0.717) is 34.0 Å². The average molecular weight is 660 g/mol. The Balaban J connectivity index is 1.78. The number of anilines is 2. The number of aryl methyl sites for hydroxylation is 1. The van der Waals surface area contributed by atoms with Gasteiger partial charge < -0.3 is 19.8 Å². The number of halogens is 2. The second kappa shape index (κ2) is 11.8. The number of hydrogen-bond acceptors (Lipinski definition) is 8. The summed E-state index contributed by atoms with van der Waals surface area (Å²) in [5, 5.41) is 11.2. The van der Waals surface area contributed by atoms with E-state index in [1.807, 2.05) is 32.6 Å². The summed E-state index contributed by atoms with van der Waals surface area (Å²) in [6.07, 6.45) is 1.21. The molecule has 1 N–H and O–H groups in total. The predicted octanol–water partition coefficient (Wildman–Crippen LogP) is 5.08. The van der Waals surface area contributed by atoms with E-state index in [4.69, 9.17) is 26.6 Å². The number of fused-ring (bicyclic) bond motifs is 5. The van der Waals surface area contributed by atoms with Crippen LogP contribution in [0.5, 0.6) is 5.75 Å². The molecule has 13 heteroatoms. The Morgan fingerprint density at radius 1 is 1.06 bits per heavy atom. The minimum absolute atomic E-state index is 0.0233. The maximum absolute atomic E-state index is 15.3. The molecule has 4 aromatic rings. The van der Waals surface area contributed by atoms with Gasteiger partial charge in [-0.15, -0.1) is 0 Å². The lowest BCUT2D eigenvalue weighted by atomic mass is 9.98. The standard InChI is InChI=1S/C34H35ClFN7O4/c1-8-24(45)41-12-13-42-22(15-41)33(46)40(7)31-29(42)19-14-20(35)28(25-21(36)10-9-11-23(25)44)39-32(19)43(34(31)47)30-26(16(2)3)37-18(6)38-27(30)17(4)5/h8-11,14,16-17,22,44H,1,12-13,15H2,2-7H3/t22-/m1/s1. The molecule has 0 radical (unpaired) electrons. The SMILES string of the molecule is C=CC(=O)N1CCN2c3c(c(=O)n(-c4c(C(C)C)nc(C)nc4C(C)C)c4nc(-c5c(O)cccc5F)c(Cl)cc34)N(C)C(=O)[C@H]2C1. The summed E-state index contributed by atoms with van der Waals surface area (Å²) in [5.74, 6) is -1.54. The zero-order chi connectivity index (χ0) is 34.1. The van der Waals surface area contributed by atoms with Crippen LogP contribution in [0.2, 0.25) is 5.02 Å². The highest BCUT2D eigenvalue weighted by molar-refractivity contribution is 6.34. The first-order valence-corrected chi connectivity index (χ1v) is 15.8. The number of amides is 2. The summed E-state index contributed by atoms with van der Waals surface area (Å²) in [6.45, 7) is 13.8. The third kappa shape index (κ3) is 5.02. The van der Waals surface area contributed by atoms with Crippen LogP contribution in [0.1, 0.15) is 56.7 Å². The number of carbonyl (C=O) groups is 2. The topological polar surface area (TPSA) is 125 Å². The number of benzene rings is 1. The fraction of sp³-hybridized carbons (Fsp3) is 0.353. The van der Waals surface area contributed by atoms with Crippen LogP contribution in [-0.2, 0) is 9.59 Å². The van der Waals surface area contributed by atoms with Gasteiger partial charge in [-0.2, -0.15) is 0 Å². The van der Waals surface area contributed by atoms with Gasteiger partial charge in [0.1, 0.15) is 29.1 Å². The number of aromatic nitrogens is 4. The first-order chi connectivity index (χ1) is 22.3. The van der Waals surface area contributed by atoms with Crippen molar-refractivity contribution < 1.29 is 19.1 Å². The lowest BCUT2D eigenvalue weighted by Crippen LogP contribution is -2.63. The van der Waals surface area contributed by atoms with Gasteiger partial charge in [0.25, 0.3) is 11.5 Å². The molecule has 0 aliphatic carbocycles. The molecule has 244 valence electrons. The molecule has 0 bridgehead atoms. The van der Waals surface area contributed by atoms with Gasteiger partial charge in [0.2, 0.25) is 5.91 Å². The summed E-state index contributed by atoms with van der Waals surface area (Å²) >= 11 is 6.85. The van der Waals surface area contributed by atoms with Crippen LogP contribution in [-0.4, -0.2) is 74.1 Å². The lowest BCUT2D eigenvalue weighted by Gasteiger charge is -2.47. The molecular formula is C34H35ClFN7O4. The van der Waals surface area contributed by atoms with Gasteiger partial charge >= 0.3 is 0 Å². The number of phenolic OH excluding ortho intramolecular Hbond substituents is 1. The molecule has 3 aromatic heterocycles. The monoisotopic (exact) mass is 659 g/mol. The third-order valence-corrected chi connectivity index (χ3v) is 9.04. The molecule has 2 amide bonds. The first-order valence-electron chi connectivity index (χ1n) is 15.4. The van der Waals surface area contributed by atoms with Crippen molar-refractivity contribution in [3.8, 4) is 22.7 Å². The van der Waals surface area contributed by atoms with E-state index in [2.05, 4.69) is 6.58 Å². The highest BCUT2D eigenvalue weighted by atomic mass is 35.5. The van der Waals surface area contributed by atoms with Crippen molar-refractivity contribution in [3.63, 3.8) is 0 Å². The zero-order valence-electron chi connectivity index (χ0n) is 27.0. The Morgan fingerprint density at radius 2 is 1.72 bits per heavy atom. The number of nitrogens with zero attached hydrogens (tertiary/aromatic N) is 7. The minimum Gasteiger partial charge on any atom is -0.507 e. The average Bonchev–Trinajstić information content (AvgIpc) is 3.02. The number of piperazine rings is 1. The normalized spacial score (nSPS) is 16.3. The first kappa shape index (κ1) is 32.1. The molecule has 2 aliphatic heterocycles. The van der Waals surface area contributed by atoms with E-state index in [0.717, 1.165) is 0 Å². The lowest BCUT2D eigenvalue weighted by molar-refractivity contribution is -0.128. The van der Waals surface area contributed by atoms with E-state index < -0.39 is 17.4 Å². The van der Waals surface area contributed by atoms with Crippen LogP contribution >= 0.6 is 11.6 Å². The molecule has 5 heterocycles. The molecule has 47 heavy (non-hydrogen) atoms. The number of rotatable bonds is 5. The molecule has 0 saturated carbocycles. The van der Waals surface area contributed by atoms with E-state index in [1.54, 1.807) is 17.9 Å². The largest absolute Gasteiger partial charge is 0.507 e. The number of hydrogen-bond donors (Lipinski definition) is 1. The van der Waals surface area contributed by atoms with Crippen molar-refractivity contribution in [1.29, 1.82) is 0 Å². The minimum atomic E-state index is -0.794. The van der Waals surface area contributed by atoms with Crippen molar-refractivity contribution in [2.45, 2.75) is 52.5 Å². The molecule has 11 nitrogen and oxygen atoms in total. The summed E-state index contributed by atoms with van der Waals surface area (Å²) in [7, 11) is 1.53. The van der Waals surface area contributed by atoms with Crippen molar-refractivity contribution in [2.24, 2.45) is 0 Å². The van der Waals surface area contributed by atoms with Gasteiger partial charge in [0.05, 0.1) is 45.6 Å². The van der Waals surface area contributed by atoms with Gasteiger partial charge in [-0.1, -0.05) is 51.9 Å². The molecule has 1 fully saturated rings. The Kier molecular flexibility index (Phi) is 8.03. The van der Waals surface area contributed by atoms with E-state index in [9.17, 15) is 19.5 Å². The Hall–Kier alpha value is -4.84. The smallest absolute Gasteiger partial charge is 0.283 e. The van der Waals surface area contributed by atoms with Gasteiger partial charge in [0.15, 0.2) is 5.65 Å². The Labute approximate surface area is 275 Å². The molecule has 2 aliphatic rings. The Bertz CT molecular complexity index is 2010. The summed E-state index contributed by atoms with van der Waals surface area (Å²) < 4.78 is 16.7. The van der Waals surface area contributed by atoms with E-state index >= 15 is 4.39 Å². The van der Waals surface area contributed by atoms with Gasteiger partial charge in [-0.3, -0.25) is 19.0 Å². The summed E-state index contributed by atoms with van der Waals surface area (Å²) in [5.41, 5.74) is 1.42.